The van der Waals surface area contributed by atoms with Crippen molar-refractivity contribution in [3.63, 3.8) is 0 Å². The summed E-state index contributed by atoms with van der Waals surface area (Å²) in [5, 5.41) is 1.12. The normalized spacial score (nSPS) is 12.7. The minimum atomic E-state index is -2.68. The minimum Gasteiger partial charge on any atom is -0.416 e. The molecule has 0 unspecified atom stereocenters. The third kappa shape index (κ3) is 5.46. The van der Waals surface area contributed by atoms with Crippen molar-refractivity contribution >= 4 is 41.1 Å². The standard InChI is InChI=1S/C12H26O3Si4/c1-16(2)13-19(14-17(3)4,15-18(5)6)12-10-8-7-9-11-12/h7-11,16-18H,1-6H3/p+3. The van der Waals surface area contributed by atoms with Crippen molar-refractivity contribution in [1.82, 2.24) is 0 Å². The maximum absolute atomic E-state index is 6.35. The molecule has 0 bridgehead atoms. The van der Waals surface area contributed by atoms with Crippen LogP contribution in [0, 0.1) is 0 Å². The molecular weight excluding hydrogens is 304 g/mol. The van der Waals surface area contributed by atoms with Gasteiger partial charge in [0.25, 0.3) is 0 Å². The predicted octanol–water partition coefficient (Wildman–Crippen LogP) is 2.17. The van der Waals surface area contributed by atoms with E-state index in [0.717, 1.165) is 5.19 Å². The van der Waals surface area contributed by atoms with Crippen LogP contribution in [0.15, 0.2) is 30.3 Å². The van der Waals surface area contributed by atoms with E-state index in [9.17, 15) is 0 Å². The van der Waals surface area contributed by atoms with E-state index in [1.165, 1.54) is 0 Å². The molecule has 0 fully saturated rings. The summed E-state index contributed by atoms with van der Waals surface area (Å²) in [5.74, 6) is 0. The average molecular weight is 334 g/mol. The van der Waals surface area contributed by atoms with Gasteiger partial charge in [0.05, 0.1) is 0 Å². The van der Waals surface area contributed by atoms with E-state index in [2.05, 4.69) is 51.4 Å². The molecule has 7 heteroatoms. The molecule has 1 aromatic rings. The fourth-order valence-electron chi connectivity index (χ4n) is 1.86. The number of rotatable bonds is 7. The van der Waals surface area contributed by atoms with E-state index in [0.29, 0.717) is 0 Å². The molecule has 0 aliphatic heterocycles. The summed E-state index contributed by atoms with van der Waals surface area (Å²) in [5.41, 5.74) is 0. The van der Waals surface area contributed by atoms with Crippen molar-refractivity contribution in [2.24, 2.45) is 0 Å². The molecule has 0 spiro atoms. The molecule has 0 saturated carbocycles. The summed E-state index contributed by atoms with van der Waals surface area (Å²) in [6, 6.07) is 10.3. The van der Waals surface area contributed by atoms with E-state index >= 15 is 0 Å². The lowest BCUT2D eigenvalue weighted by atomic mass is 10.4. The average Bonchev–Trinajstić information content (AvgIpc) is 2.27. The van der Waals surface area contributed by atoms with Crippen molar-refractivity contribution in [1.29, 1.82) is 0 Å². The Labute approximate surface area is 127 Å². The van der Waals surface area contributed by atoms with Crippen LogP contribution in [0.4, 0.5) is 0 Å². The fraction of sp³-hybridized carbons (Fsp3) is 0.500. The summed E-state index contributed by atoms with van der Waals surface area (Å²) in [4.78, 5) is 0. The van der Waals surface area contributed by atoms with Crippen LogP contribution in [0.3, 0.4) is 0 Å². The van der Waals surface area contributed by atoms with Crippen LogP contribution in [0.5, 0.6) is 0 Å². The molecule has 0 saturated heterocycles. The first-order valence-electron chi connectivity index (χ1n) is 6.94. The van der Waals surface area contributed by atoms with Gasteiger partial charge in [-0.15, -0.1) is 0 Å². The molecular formula is C12H29O3Si4+3. The Morgan fingerprint density at radius 3 is 1.42 bits per heavy atom. The Kier molecular flexibility index (Phi) is 6.87. The lowest BCUT2D eigenvalue weighted by Crippen LogP contribution is -2.61. The van der Waals surface area contributed by atoms with Gasteiger partial charge in [-0.3, -0.25) is 0 Å². The maximum atomic E-state index is 6.35. The molecule has 1 rings (SSSR count). The van der Waals surface area contributed by atoms with Crippen molar-refractivity contribution in [3.05, 3.63) is 30.3 Å². The maximum Gasteiger partial charge on any atom is 1.00 e. The summed E-state index contributed by atoms with van der Waals surface area (Å²) >= 11 is 0. The van der Waals surface area contributed by atoms with Crippen LogP contribution in [0.2, 0.25) is 39.3 Å². The second-order valence-electron chi connectivity index (χ2n) is 5.42. The Morgan fingerprint density at radius 1 is 0.737 bits per heavy atom. The van der Waals surface area contributed by atoms with Crippen LogP contribution >= 0.6 is 0 Å². The Bertz CT molecular complexity index is 357. The Hall–Kier alpha value is -0.0325. The van der Waals surface area contributed by atoms with Crippen LogP contribution in [0.25, 0.3) is 0 Å². The highest BCUT2D eigenvalue weighted by molar-refractivity contribution is 6.88. The smallest absolute Gasteiger partial charge is 0.416 e. The van der Waals surface area contributed by atoms with Gasteiger partial charge < -0.3 is 12.3 Å². The molecule has 1 aromatic carbocycles. The lowest BCUT2D eigenvalue weighted by Gasteiger charge is -2.35. The molecule has 19 heavy (non-hydrogen) atoms. The zero-order valence-electron chi connectivity index (χ0n) is 15.8. The topological polar surface area (TPSA) is 27.7 Å². The van der Waals surface area contributed by atoms with Gasteiger partial charge in [-0.05, 0) is 39.3 Å². The zero-order valence-corrected chi connectivity index (χ0v) is 17.3. The molecule has 0 N–H and O–H groups in total. The van der Waals surface area contributed by atoms with Gasteiger partial charge in [-0.25, -0.2) is 0 Å². The minimum absolute atomic E-state index is 0. The van der Waals surface area contributed by atoms with Crippen molar-refractivity contribution in [2.75, 3.05) is 0 Å². The van der Waals surface area contributed by atoms with Gasteiger partial charge in [0.15, 0.2) is 27.1 Å². The number of hydrogen-bond acceptors (Lipinski definition) is 3. The SMILES string of the molecule is C[SiH](C)O[Si](O[SiH](C)C)(O[SiH](C)C)c1ccccc1.[H+].[H+].[H+]. The third-order valence-corrected chi connectivity index (χ3v) is 12.7. The first-order valence-corrected chi connectivity index (χ1v) is 17.0. The van der Waals surface area contributed by atoms with Gasteiger partial charge in [0.1, 0.15) is 0 Å². The van der Waals surface area contributed by atoms with Crippen LogP contribution < -0.4 is 5.19 Å². The van der Waals surface area contributed by atoms with Crippen LogP contribution in [0.1, 0.15) is 4.28 Å². The second kappa shape index (κ2) is 7.67. The van der Waals surface area contributed by atoms with Crippen molar-refractivity contribution in [3.8, 4) is 0 Å². The van der Waals surface area contributed by atoms with Gasteiger partial charge in [-0.2, -0.15) is 0 Å². The van der Waals surface area contributed by atoms with E-state index in [-0.39, 0.29) is 4.28 Å². The highest BCUT2D eigenvalue weighted by Gasteiger charge is 2.45. The number of benzene rings is 1. The van der Waals surface area contributed by atoms with E-state index < -0.39 is 35.9 Å². The van der Waals surface area contributed by atoms with Crippen LogP contribution in [-0.2, 0) is 12.3 Å². The van der Waals surface area contributed by atoms with Gasteiger partial charge >= 0.3 is 13.1 Å². The molecule has 0 aromatic heterocycles. The molecule has 0 heterocycles. The van der Waals surface area contributed by atoms with Crippen molar-refractivity contribution in [2.45, 2.75) is 39.3 Å². The zero-order chi connectivity index (χ0) is 14.5. The predicted molar refractivity (Wildman–Crippen MR) is 95.1 cm³/mol. The highest BCUT2D eigenvalue weighted by Crippen LogP contribution is 2.15. The van der Waals surface area contributed by atoms with E-state index in [4.69, 9.17) is 12.3 Å². The van der Waals surface area contributed by atoms with Gasteiger partial charge in [0, 0.05) is 5.19 Å². The number of hydrogen-bond donors (Lipinski definition) is 0. The molecule has 0 radical (unpaired) electrons. The molecule has 0 aliphatic carbocycles. The molecule has 0 aliphatic rings. The summed E-state index contributed by atoms with van der Waals surface area (Å²) in [7, 11) is -6.36. The Morgan fingerprint density at radius 2 is 1.11 bits per heavy atom. The van der Waals surface area contributed by atoms with E-state index in [1.807, 2.05) is 18.2 Å². The third-order valence-electron chi connectivity index (χ3n) is 2.30. The Balaban J connectivity index is -0.00000120. The largest absolute Gasteiger partial charge is 1.00 e. The van der Waals surface area contributed by atoms with Gasteiger partial charge in [0.2, 0.25) is 0 Å². The first-order chi connectivity index (χ1) is 8.85. The summed E-state index contributed by atoms with van der Waals surface area (Å²) in [6.07, 6.45) is 0. The molecule has 0 atom stereocenters. The lowest BCUT2D eigenvalue weighted by molar-refractivity contribution is 0.290. The second-order valence-corrected chi connectivity index (χ2v) is 16.2. The van der Waals surface area contributed by atoms with Gasteiger partial charge in [-0.1, -0.05) is 30.3 Å². The molecule has 108 valence electrons. The highest BCUT2D eigenvalue weighted by atomic mass is 28.5. The first kappa shape index (κ1) is 17.0. The molecule has 0 amide bonds. The monoisotopic (exact) mass is 333 g/mol. The summed E-state index contributed by atoms with van der Waals surface area (Å²) < 4.78 is 19.0. The van der Waals surface area contributed by atoms with E-state index in [1.54, 1.807) is 0 Å². The van der Waals surface area contributed by atoms with Crippen LogP contribution in [-0.4, -0.2) is 35.9 Å². The quantitative estimate of drug-likeness (QED) is 0.716. The van der Waals surface area contributed by atoms with Crippen molar-refractivity contribution < 1.29 is 16.6 Å². The molecule has 3 nitrogen and oxygen atoms in total. The summed E-state index contributed by atoms with van der Waals surface area (Å²) in [6.45, 7) is 13.1. The fourth-order valence-corrected chi connectivity index (χ4v) is 13.7.